The monoisotopic (exact) mass is 232 g/mol. The van der Waals surface area contributed by atoms with Crippen LogP contribution in [0.15, 0.2) is 12.1 Å². The third kappa shape index (κ3) is 2.34. The van der Waals surface area contributed by atoms with E-state index in [4.69, 9.17) is 15.7 Å². The van der Waals surface area contributed by atoms with E-state index >= 15 is 0 Å². The smallest absolute Gasteiger partial charge is 0.163 e. The number of phenolic OH excluding ortho intramolecular Hbond substituents is 1. The van der Waals surface area contributed by atoms with Gasteiger partial charge in [0.1, 0.15) is 0 Å². The van der Waals surface area contributed by atoms with Crippen LogP contribution in [0.5, 0.6) is 11.5 Å². The average molecular weight is 232 g/mol. The molecule has 0 bridgehead atoms. The van der Waals surface area contributed by atoms with E-state index < -0.39 is 0 Å². The highest BCUT2D eigenvalue weighted by molar-refractivity contribution is 5.55. The summed E-state index contributed by atoms with van der Waals surface area (Å²) in [7, 11) is 1.48. The van der Waals surface area contributed by atoms with E-state index in [0.717, 1.165) is 6.42 Å². The van der Waals surface area contributed by atoms with Gasteiger partial charge in [-0.2, -0.15) is 5.26 Å². The van der Waals surface area contributed by atoms with Gasteiger partial charge in [0.25, 0.3) is 0 Å². The number of hydrogen-bond acceptors (Lipinski definition) is 4. The number of rotatable bonds is 4. The molecule has 0 amide bonds. The topological polar surface area (TPSA) is 79.3 Å². The molecule has 3 N–H and O–H groups in total. The number of nitrogens with two attached hydrogens (primary N) is 1. The molecule has 1 aromatic carbocycles. The number of hydrogen-bond donors (Lipinski definition) is 2. The molecule has 0 unspecified atom stereocenters. The molecule has 0 heterocycles. The van der Waals surface area contributed by atoms with Crippen molar-refractivity contribution in [2.24, 2.45) is 11.7 Å². The van der Waals surface area contributed by atoms with E-state index in [0.29, 0.717) is 22.8 Å². The van der Waals surface area contributed by atoms with Crippen molar-refractivity contribution < 1.29 is 9.84 Å². The maximum absolute atomic E-state index is 10.0. The van der Waals surface area contributed by atoms with E-state index in [1.54, 1.807) is 12.1 Å². The first-order valence-corrected chi connectivity index (χ1v) is 5.73. The molecule has 0 spiro atoms. The van der Waals surface area contributed by atoms with Crippen LogP contribution in [0.1, 0.15) is 36.4 Å². The quantitative estimate of drug-likeness (QED) is 0.832. The van der Waals surface area contributed by atoms with Gasteiger partial charge in [0, 0.05) is 11.6 Å². The minimum atomic E-state index is -0.299. The molecule has 4 nitrogen and oxygen atoms in total. The summed E-state index contributed by atoms with van der Waals surface area (Å²) >= 11 is 0. The Morgan fingerprint density at radius 1 is 1.59 bits per heavy atom. The summed E-state index contributed by atoms with van der Waals surface area (Å²) in [5.41, 5.74) is 7.01. The molecule has 17 heavy (non-hydrogen) atoms. The van der Waals surface area contributed by atoms with Crippen LogP contribution in [-0.4, -0.2) is 12.2 Å². The van der Waals surface area contributed by atoms with Crippen molar-refractivity contribution in [2.45, 2.75) is 25.3 Å². The molecule has 2 rings (SSSR count). The first-order valence-electron chi connectivity index (χ1n) is 5.73. The molecule has 1 saturated carbocycles. The molecule has 1 aliphatic rings. The third-order valence-electron chi connectivity index (χ3n) is 3.18. The fraction of sp³-hybridized carbons (Fsp3) is 0.462. The van der Waals surface area contributed by atoms with Crippen molar-refractivity contribution in [1.82, 2.24) is 0 Å². The minimum Gasteiger partial charge on any atom is -0.504 e. The SMILES string of the molecule is COc1ccc(C#N)c([C@@H](N)CC2CC2)c1O. The molecule has 1 aliphatic carbocycles. The second kappa shape index (κ2) is 4.64. The lowest BCUT2D eigenvalue weighted by atomic mass is 9.96. The molecule has 90 valence electrons. The Morgan fingerprint density at radius 3 is 2.82 bits per heavy atom. The zero-order valence-corrected chi connectivity index (χ0v) is 9.81. The lowest BCUT2D eigenvalue weighted by Crippen LogP contribution is -2.13. The molecule has 0 aliphatic heterocycles. The average Bonchev–Trinajstić information content (AvgIpc) is 3.12. The molecule has 1 aromatic rings. The second-order valence-corrected chi connectivity index (χ2v) is 4.48. The third-order valence-corrected chi connectivity index (χ3v) is 3.18. The van der Waals surface area contributed by atoms with E-state index in [9.17, 15) is 5.11 Å². The lowest BCUT2D eigenvalue weighted by molar-refractivity contribution is 0.367. The number of methoxy groups -OCH3 is 1. The van der Waals surface area contributed by atoms with E-state index in [-0.39, 0.29) is 11.8 Å². The molecule has 1 fully saturated rings. The Labute approximate surface area is 101 Å². The van der Waals surface area contributed by atoms with Gasteiger partial charge in [0.05, 0.1) is 18.7 Å². The van der Waals surface area contributed by atoms with Crippen molar-refractivity contribution in [3.8, 4) is 17.6 Å². The van der Waals surface area contributed by atoms with Gasteiger partial charge in [0.15, 0.2) is 11.5 Å². The highest BCUT2D eigenvalue weighted by Gasteiger charge is 2.27. The summed E-state index contributed by atoms with van der Waals surface area (Å²) in [5, 5.41) is 19.1. The second-order valence-electron chi connectivity index (χ2n) is 4.48. The number of nitriles is 1. The Balaban J connectivity index is 2.37. The molecule has 0 saturated heterocycles. The Kier molecular flexibility index (Phi) is 3.21. The molecule has 1 atom stereocenters. The van der Waals surface area contributed by atoms with Crippen LogP contribution in [-0.2, 0) is 0 Å². The predicted octanol–water partition coefficient (Wildman–Crippen LogP) is 2.07. The zero-order valence-electron chi connectivity index (χ0n) is 9.81. The summed E-state index contributed by atoms with van der Waals surface area (Å²) in [5.74, 6) is 1.01. The summed E-state index contributed by atoms with van der Waals surface area (Å²) in [4.78, 5) is 0. The lowest BCUT2D eigenvalue weighted by Gasteiger charge is -2.16. The maximum Gasteiger partial charge on any atom is 0.163 e. The number of aromatic hydroxyl groups is 1. The van der Waals surface area contributed by atoms with Gasteiger partial charge in [-0.3, -0.25) is 0 Å². The summed E-state index contributed by atoms with van der Waals surface area (Å²) in [6, 6.07) is 4.99. The van der Waals surface area contributed by atoms with Gasteiger partial charge in [-0.1, -0.05) is 12.8 Å². The summed E-state index contributed by atoms with van der Waals surface area (Å²) in [6.07, 6.45) is 3.20. The van der Waals surface area contributed by atoms with Crippen LogP contribution in [0.4, 0.5) is 0 Å². The van der Waals surface area contributed by atoms with Gasteiger partial charge in [-0.25, -0.2) is 0 Å². The Hall–Kier alpha value is -1.73. The van der Waals surface area contributed by atoms with E-state index in [2.05, 4.69) is 6.07 Å². The van der Waals surface area contributed by atoms with E-state index in [1.165, 1.54) is 20.0 Å². The zero-order chi connectivity index (χ0) is 12.4. The van der Waals surface area contributed by atoms with Crippen LogP contribution in [0.3, 0.4) is 0 Å². The molecular weight excluding hydrogens is 216 g/mol. The largest absolute Gasteiger partial charge is 0.504 e. The highest BCUT2D eigenvalue weighted by Crippen LogP contribution is 2.42. The molecule has 4 heteroatoms. The highest BCUT2D eigenvalue weighted by atomic mass is 16.5. The van der Waals surface area contributed by atoms with Crippen molar-refractivity contribution >= 4 is 0 Å². The van der Waals surface area contributed by atoms with Crippen LogP contribution in [0.25, 0.3) is 0 Å². The van der Waals surface area contributed by atoms with Crippen molar-refractivity contribution in [2.75, 3.05) is 7.11 Å². The van der Waals surface area contributed by atoms with Gasteiger partial charge < -0.3 is 15.6 Å². The summed E-state index contributed by atoms with van der Waals surface area (Å²) in [6.45, 7) is 0. The first-order chi connectivity index (χ1) is 8.17. The fourth-order valence-corrected chi connectivity index (χ4v) is 2.06. The number of nitrogens with zero attached hydrogens (tertiary/aromatic N) is 1. The van der Waals surface area contributed by atoms with Crippen molar-refractivity contribution in [3.05, 3.63) is 23.3 Å². The number of phenols is 1. The van der Waals surface area contributed by atoms with Gasteiger partial charge in [-0.05, 0) is 24.5 Å². The van der Waals surface area contributed by atoms with Crippen molar-refractivity contribution in [1.29, 1.82) is 5.26 Å². The fourth-order valence-electron chi connectivity index (χ4n) is 2.06. The Bertz CT molecular complexity index is 461. The van der Waals surface area contributed by atoms with E-state index in [1.807, 2.05) is 0 Å². The van der Waals surface area contributed by atoms with Gasteiger partial charge >= 0.3 is 0 Å². The number of ether oxygens (including phenoxy) is 1. The normalized spacial score (nSPS) is 16.3. The minimum absolute atomic E-state index is 0.000278. The first kappa shape index (κ1) is 11.7. The van der Waals surface area contributed by atoms with Crippen LogP contribution < -0.4 is 10.5 Å². The van der Waals surface area contributed by atoms with Crippen LogP contribution in [0, 0.1) is 17.2 Å². The molecule has 0 radical (unpaired) electrons. The van der Waals surface area contributed by atoms with Crippen LogP contribution in [0.2, 0.25) is 0 Å². The predicted molar refractivity (Wildman–Crippen MR) is 63.6 cm³/mol. The van der Waals surface area contributed by atoms with Crippen LogP contribution >= 0.6 is 0 Å². The van der Waals surface area contributed by atoms with Gasteiger partial charge in [0.2, 0.25) is 0 Å². The van der Waals surface area contributed by atoms with Gasteiger partial charge in [-0.15, -0.1) is 0 Å². The standard InChI is InChI=1S/C13H16N2O2/c1-17-11-5-4-9(7-14)12(13(11)16)10(15)6-8-2-3-8/h4-5,8,10,16H,2-3,6,15H2,1H3/t10-/m0/s1. The summed E-state index contributed by atoms with van der Waals surface area (Å²) < 4.78 is 5.04. The number of benzene rings is 1. The maximum atomic E-state index is 10.0. The van der Waals surface area contributed by atoms with Crippen molar-refractivity contribution in [3.63, 3.8) is 0 Å². The molecular formula is C13H16N2O2. The Morgan fingerprint density at radius 2 is 2.29 bits per heavy atom. The molecule has 0 aromatic heterocycles.